The van der Waals surface area contributed by atoms with E-state index < -0.39 is 5.41 Å². The van der Waals surface area contributed by atoms with Crippen LogP contribution in [-0.2, 0) is 10.2 Å². The molecule has 0 aromatic heterocycles. The zero-order valence-electron chi connectivity index (χ0n) is 16.6. The van der Waals surface area contributed by atoms with Gasteiger partial charge in [0, 0.05) is 25.2 Å². The van der Waals surface area contributed by atoms with E-state index in [1.54, 1.807) is 18.2 Å². The lowest BCUT2D eigenvalue weighted by Crippen LogP contribution is -2.54. The summed E-state index contributed by atoms with van der Waals surface area (Å²) in [6, 6.07) is 15.7. The molecule has 1 N–H and O–H groups in total. The smallest absolute Gasteiger partial charge is 0.251 e. The number of halogens is 1. The molecule has 0 bridgehead atoms. The van der Waals surface area contributed by atoms with Gasteiger partial charge in [0.05, 0.1) is 5.41 Å². The second kappa shape index (κ2) is 8.36. The lowest BCUT2D eigenvalue weighted by atomic mass is 9.63. The molecular weight excluding hydrogens is 367 g/mol. The molecule has 4 nitrogen and oxygen atoms in total. The van der Waals surface area contributed by atoms with Gasteiger partial charge in [-0.25, -0.2) is 4.39 Å². The van der Waals surface area contributed by atoms with E-state index in [0.717, 1.165) is 44.2 Å². The van der Waals surface area contributed by atoms with Crippen molar-refractivity contribution < 1.29 is 14.0 Å². The van der Waals surface area contributed by atoms with E-state index in [1.807, 2.05) is 29.2 Å². The van der Waals surface area contributed by atoms with E-state index in [4.69, 9.17) is 0 Å². The van der Waals surface area contributed by atoms with Gasteiger partial charge in [-0.1, -0.05) is 36.8 Å². The maximum atomic E-state index is 13.8. The van der Waals surface area contributed by atoms with Gasteiger partial charge >= 0.3 is 0 Å². The fourth-order valence-corrected chi connectivity index (χ4v) is 4.59. The predicted molar refractivity (Wildman–Crippen MR) is 110 cm³/mol. The molecule has 2 aliphatic rings. The third kappa shape index (κ3) is 4.04. The summed E-state index contributed by atoms with van der Waals surface area (Å²) < 4.78 is 13.8. The number of nitrogens with one attached hydrogen (secondary N) is 1. The Morgan fingerprint density at radius 2 is 1.86 bits per heavy atom. The van der Waals surface area contributed by atoms with E-state index in [2.05, 4.69) is 5.32 Å². The minimum Gasteiger partial charge on any atom is -0.352 e. The second-order valence-corrected chi connectivity index (χ2v) is 8.28. The first-order valence-corrected chi connectivity index (χ1v) is 10.5. The third-order valence-corrected chi connectivity index (χ3v) is 6.39. The lowest BCUT2D eigenvalue weighted by Gasteiger charge is -2.46. The molecule has 1 saturated carbocycles. The van der Waals surface area contributed by atoms with Gasteiger partial charge in [0.2, 0.25) is 5.91 Å². The van der Waals surface area contributed by atoms with Crippen LogP contribution in [0.15, 0.2) is 54.6 Å². The van der Waals surface area contributed by atoms with Crippen LogP contribution in [0.4, 0.5) is 4.39 Å². The van der Waals surface area contributed by atoms with Gasteiger partial charge in [-0.2, -0.15) is 0 Å². The molecular formula is C24H27FN2O2. The van der Waals surface area contributed by atoms with Gasteiger partial charge in [0.15, 0.2) is 0 Å². The summed E-state index contributed by atoms with van der Waals surface area (Å²) >= 11 is 0. The highest BCUT2D eigenvalue weighted by Gasteiger charge is 2.48. The van der Waals surface area contributed by atoms with Crippen LogP contribution in [0.2, 0.25) is 0 Å². The van der Waals surface area contributed by atoms with Crippen molar-refractivity contribution in [2.75, 3.05) is 19.6 Å². The average molecular weight is 394 g/mol. The average Bonchev–Trinajstić information content (AvgIpc) is 2.72. The lowest BCUT2D eigenvalue weighted by molar-refractivity contribution is -0.142. The minimum absolute atomic E-state index is 0.0794. The van der Waals surface area contributed by atoms with Gasteiger partial charge in [0.25, 0.3) is 5.91 Å². The van der Waals surface area contributed by atoms with E-state index in [-0.39, 0.29) is 23.5 Å². The van der Waals surface area contributed by atoms with Crippen LogP contribution in [0.3, 0.4) is 0 Å². The number of amides is 2. The summed E-state index contributed by atoms with van der Waals surface area (Å²) in [7, 11) is 0. The highest BCUT2D eigenvalue weighted by atomic mass is 19.1. The number of benzene rings is 2. The van der Waals surface area contributed by atoms with Gasteiger partial charge in [-0.3, -0.25) is 9.59 Å². The molecule has 0 spiro atoms. The van der Waals surface area contributed by atoms with E-state index in [1.165, 1.54) is 12.1 Å². The minimum atomic E-state index is -0.572. The summed E-state index contributed by atoms with van der Waals surface area (Å²) in [6.07, 6.45) is 4.47. The molecule has 1 heterocycles. The molecule has 1 saturated heterocycles. The van der Waals surface area contributed by atoms with Crippen molar-refractivity contribution in [3.05, 3.63) is 71.5 Å². The van der Waals surface area contributed by atoms with Crippen LogP contribution in [-0.4, -0.2) is 36.3 Å². The van der Waals surface area contributed by atoms with Crippen molar-refractivity contribution in [1.29, 1.82) is 0 Å². The summed E-state index contributed by atoms with van der Waals surface area (Å²) in [5.41, 5.74) is 0.876. The van der Waals surface area contributed by atoms with Crippen LogP contribution in [0, 0.1) is 11.7 Å². The van der Waals surface area contributed by atoms with E-state index in [9.17, 15) is 14.0 Å². The number of nitrogens with zero attached hydrogens (tertiary/aromatic N) is 1. The number of carbonyl (C=O) groups is 2. The topological polar surface area (TPSA) is 49.4 Å². The number of carbonyl (C=O) groups excluding carboxylic acids is 2. The van der Waals surface area contributed by atoms with Gasteiger partial charge in [0.1, 0.15) is 5.82 Å². The van der Waals surface area contributed by atoms with Gasteiger partial charge in [-0.15, -0.1) is 0 Å². The van der Waals surface area contributed by atoms with Crippen LogP contribution >= 0.6 is 0 Å². The summed E-state index contributed by atoms with van der Waals surface area (Å²) in [5, 5.41) is 3.01. The molecule has 1 aliphatic heterocycles. The maximum absolute atomic E-state index is 13.8. The zero-order chi connectivity index (χ0) is 20.3. The first-order valence-electron chi connectivity index (χ1n) is 10.5. The van der Waals surface area contributed by atoms with Crippen molar-refractivity contribution in [3.8, 4) is 0 Å². The Morgan fingerprint density at radius 1 is 1.07 bits per heavy atom. The van der Waals surface area contributed by atoms with Crippen molar-refractivity contribution in [1.82, 2.24) is 10.2 Å². The SMILES string of the molecule is O=C(NC[C@H]1CCCN(C(=O)C2(c3cccc(F)c3)CCC2)C1)c1ccccc1. The van der Waals surface area contributed by atoms with Crippen molar-refractivity contribution in [2.24, 2.45) is 5.92 Å². The molecule has 0 unspecified atom stereocenters. The number of hydrogen-bond donors (Lipinski definition) is 1. The molecule has 152 valence electrons. The Bertz CT molecular complexity index is 879. The summed E-state index contributed by atoms with van der Waals surface area (Å²) in [5.74, 6) is -0.00979. The fraction of sp³-hybridized carbons (Fsp3) is 0.417. The first-order chi connectivity index (χ1) is 14.1. The summed E-state index contributed by atoms with van der Waals surface area (Å²) in [6.45, 7) is 1.94. The molecule has 2 aromatic carbocycles. The Kier molecular flexibility index (Phi) is 5.65. The monoisotopic (exact) mass is 394 g/mol. The number of piperidine rings is 1. The van der Waals surface area contributed by atoms with Gasteiger partial charge in [-0.05, 0) is 61.4 Å². The van der Waals surface area contributed by atoms with Crippen molar-refractivity contribution in [3.63, 3.8) is 0 Å². The Hall–Kier alpha value is -2.69. The molecule has 5 heteroatoms. The third-order valence-electron chi connectivity index (χ3n) is 6.39. The first kappa shape index (κ1) is 19.6. The Labute approximate surface area is 171 Å². The molecule has 0 radical (unpaired) electrons. The van der Waals surface area contributed by atoms with Crippen LogP contribution in [0.1, 0.15) is 48.0 Å². The molecule has 4 rings (SSSR count). The maximum Gasteiger partial charge on any atom is 0.251 e. The number of rotatable bonds is 5. The number of likely N-dealkylation sites (tertiary alicyclic amines) is 1. The molecule has 1 aliphatic carbocycles. The van der Waals surface area contributed by atoms with Crippen molar-refractivity contribution in [2.45, 2.75) is 37.5 Å². The summed E-state index contributed by atoms with van der Waals surface area (Å²) in [4.78, 5) is 27.7. The molecule has 2 aromatic rings. The zero-order valence-corrected chi connectivity index (χ0v) is 16.6. The Morgan fingerprint density at radius 3 is 2.55 bits per heavy atom. The largest absolute Gasteiger partial charge is 0.352 e. The van der Waals surface area contributed by atoms with Crippen LogP contribution < -0.4 is 5.32 Å². The normalized spacial score (nSPS) is 20.6. The number of hydrogen-bond acceptors (Lipinski definition) is 2. The molecule has 29 heavy (non-hydrogen) atoms. The quantitative estimate of drug-likeness (QED) is 0.836. The predicted octanol–water partition coefficient (Wildman–Crippen LogP) is 3.92. The molecule has 1 atom stereocenters. The highest BCUT2D eigenvalue weighted by Crippen LogP contribution is 2.45. The van der Waals surface area contributed by atoms with Crippen molar-refractivity contribution >= 4 is 11.8 Å². The molecule has 2 amide bonds. The van der Waals surface area contributed by atoms with E-state index in [0.29, 0.717) is 18.7 Å². The van der Waals surface area contributed by atoms with Gasteiger partial charge < -0.3 is 10.2 Å². The van der Waals surface area contributed by atoms with Crippen LogP contribution in [0.25, 0.3) is 0 Å². The highest BCUT2D eigenvalue weighted by molar-refractivity contribution is 5.94. The van der Waals surface area contributed by atoms with E-state index >= 15 is 0 Å². The standard InChI is InChI=1S/C24H27FN2O2/c25-21-11-4-10-20(15-21)24(12-6-13-24)23(29)27-14-5-7-18(17-27)16-26-22(28)19-8-2-1-3-9-19/h1-4,8-11,15,18H,5-7,12-14,16-17H2,(H,26,28)/t18-/m1/s1. The fourth-order valence-electron chi connectivity index (χ4n) is 4.59. The second-order valence-electron chi connectivity index (χ2n) is 8.28. The Balaban J connectivity index is 1.40. The van der Waals surface area contributed by atoms with Crippen LogP contribution in [0.5, 0.6) is 0 Å². The molecule has 2 fully saturated rings.